The summed E-state index contributed by atoms with van der Waals surface area (Å²) in [6.07, 6.45) is 1.89. The summed E-state index contributed by atoms with van der Waals surface area (Å²) in [5.41, 5.74) is 14.9. The van der Waals surface area contributed by atoms with E-state index >= 15 is 0 Å². The average molecular weight is 716 g/mol. The number of pyridine rings is 1. The number of hydrogen-bond acceptors (Lipinski definition) is 3. The molecule has 0 bridgehead atoms. The lowest BCUT2D eigenvalue weighted by molar-refractivity contribution is 1.17. The Morgan fingerprint density at radius 2 is 0.946 bits per heavy atom. The van der Waals surface area contributed by atoms with Gasteiger partial charge in [0.1, 0.15) is 0 Å². The fourth-order valence-electron chi connectivity index (χ4n) is 8.23. The second kappa shape index (κ2) is 13.0. The minimum Gasteiger partial charge on any atom is -0.309 e. The molecule has 5 nitrogen and oxygen atoms in total. The van der Waals surface area contributed by atoms with E-state index in [9.17, 15) is 0 Å². The fourth-order valence-corrected chi connectivity index (χ4v) is 8.23. The summed E-state index contributed by atoms with van der Waals surface area (Å²) in [6.45, 7) is 0. The van der Waals surface area contributed by atoms with Crippen LogP contribution in [0.25, 0.3) is 100 Å². The Morgan fingerprint density at radius 1 is 0.357 bits per heavy atom. The van der Waals surface area contributed by atoms with Gasteiger partial charge in [-0.25, -0.2) is 9.97 Å². The molecule has 4 heterocycles. The molecular weight excluding hydrogens is 683 g/mol. The van der Waals surface area contributed by atoms with Gasteiger partial charge in [0.2, 0.25) is 0 Å². The molecule has 5 heteroatoms. The van der Waals surface area contributed by atoms with Crippen molar-refractivity contribution >= 4 is 43.7 Å². The lowest BCUT2D eigenvalue weighted by Gasteiger charge is -2.13. The first-order chi connectivity index (χ1) is 27.8. The van der Waals surface area contributed by atoms with Gasteiger partial charge in [0.15, 0.2) is 5.82 Å². The smallest absolute Gasteiger partial charge is 0.160 e. The van der Waals surface area contributed by atoms with Crippen LogP contribution in [0.15, 0.2) is 200 Å². The van der Waals surface area contributed by atoms with Crippen LogP contribution >= 0.6 is 0 Å². The maximum Gasteiger partial charge on any atom is 0.160 e. The van der Waals surface area contributed by atoms with Crippen molar-refractivity contribution in [2.45, 2.75) is 0 Å². The molecule has 0 spiro atoms. The van der Waals surface area contributed by atoms with Crippen molar-refractivity contribution < 1.29 is 0 Å². The predicted octanol–water partition coefficient (Wildman–Crippen LogP) is 12.7. The number of rotatable bonds is 6. The van der Waals surface area contributed by atoms with Crippen molar-refractivity contribution in [2.24, 2.45) is 0 Å². The third kappa shape index (κ3) is 5.21. The van der Waals surface area contributed by atoms with E-state index in [4.69, 9.17) is 15.0 Å². The molecule has 0 aliphatic heterocycles. The first-order valence-electron chi connectivity index (χ1n) is 18.9. The van der Waals surface area contributed by atoms with Gasteiger partial charge in [-0.2, -0.15) is 0 Å². The molecule has 0 aliphatic carbocycles. The van der Waals surface area contributed by atoms with Gasteiger partial charge in [-0.15, -0.1) is 0 Å². The Bertz CT molecular complexity index is 3160. The summed E-state index contributed by atoms with van der Waals surface area (Å²) < 4.78 is 4.72. The van der Waals surface area contributed by atoms with E-state index in [1.165, 1.54) is 16.3 Å². The van der Waals surface area contributed by atoms with Crippen LogP contribution in [-0.4, -0.2) is 24.1 Å². The molecular formula is C51H33N5. The summed E-state index contributed by atoms with van der Waals surface area (Å²) in [4.78, 5) is 15.0. The minimum absolute atomic E-state index is 0.706. The standard InChI is InChI=1S/C51H33N5/c1-4-14-34(15-5-1)44-33-45(54-51(53-44)36-16-6-2-7-17-36)35-25-28-39(29-26-35)56-46-23-11-10-20-41(46)42-22-12-21-40(50(42)56)37-27-30-47-43(32-37)49-48(24-13-31-52-49)55(47)38-18-8-3-9-19-38/h1-33H. The Labute approximate surface area is 323 Å². The van der Waals surface area contributed by atoms with Crippen LogP contribution < -0.4 is 0 Å². The summed E-state index contributed by atoms with van der Waals surface area (Å²) in [6, 6.07) is 68.3. The molecule has 0 unspecified atom stereocenters. The molecule has 0 atom stereocenters. The van der Waals surface area contributed by atoms with Crippen LogP contribution in [0.4, 0.5) is 0 Å². The van der Waals surface area contributed by atoms with Gasteiger partial charge in [-0.1, -0.05) is 133 Å². The zero-order chi connectivity index (χ0) is 37.0. The highest BCUT2D eigenvalue weighted by Gasteiger charge is 2.19. The van der Waals surface area contributed by atoms with E-state index in [-0.39, 0.29) is 0 Å². The first kappa shape index (κ1) is 31.9. The van der Waals surface area contributed by atoms with E-state index in [2.05, 4.69) is 161 Å². The molecule has 11 aromatic rings. The second-order valence-corrected chi connectivity index (χ2v) is 14.1. The van der Waals surface area contributed by atoms with Crippen molar-refractivity contribution in [3.8, 4) is 56.4 Å². The molecule has 0 aliphatic rings. The van der Waals surface area contributed by atoms with Crippen LogP contribution in [0.1, 0.15) is 0 Å². The molecule has 0 radical (unpaired) electrons. The van der Waals surface area contributed by atoms with Crippen molar-refractivity contribution in [3.63, 3.8) is 0 Å². The molecule has 56 heavy (non-hydrogen) atoms. The third-order valence-electron chi connectivity index (χ3n) is 10.8. The van der Waals surface area contributed by atoms with Crippen LogP contribution in [-0.2, 0) is 0 Å². The van der Waals surface area contributed by atoms with Gasteiger partial charge < -0.3 is 9.13 Å². The Hall–Kier alpha value is -7.63. The molecule has 11 rings (SSSR count). The van der Waals surface area contributed by atoms with Crippen molar-refractivity contribution in [3.05, 3.63) is 200 Å². The summed E-state index contributed by atoms with van der Waals surface area (Å²) in [5.74, 6) is 0.706. The number of aromatic nitrogens is 5. The number of para-hydroxylation sites is 3. The largest absolute Gasteiger partial charge is 0.309 e. The normalized spacial score (nSPS) is 11.6. The number of fused-ring (bicyclic) bond motifs is 6. The molecule has 0 saturated carbocycles. The maximum absolute atomic E-state index is 5.09. The Kier molecular flexibility index (Phi) is 7.42. The highest BCUT2D eigenvalue weighted by atomic mass is 15.0. The quantitative estimate of drug-likeness (QED) is 0.172. The van der Waals surface area contributed by atoms with Crippen LogP contribution in [0.3, 0.4) is 0 Å². The van der Waals surface area contributed by atoms with E-state index in [1.807, 2.05) is 48.7 Å². The van der Waals surface area contributed by atoms with Crippen molar-refractivity contribution in [1.82, 2.24) is 24.1 Å². The molecule has 0 amide bonds. The summed E-state index contributed by atoms with van der Waals surface area (Å²) in [5, 5.41) is 3.55. The van der Waals surface area contributed by atoms with Gasteiger partial charge in [0, 0.05) is 56.0 Å². The van der Waals surface area contributed by atoms with Crippen molar-refractivity contribution in [2.75, 3.05) is 0 Å². The maximum atomic E-state index is 5.09. The molecule has 0 N–H and O–H groups in total. The van der Waals surface area contributed by atoms with Crippen molar-refractivity contribution in [1.29, 1.82) is 0 Å². The highest BCUT2D eigenvalue weighted by molar-refractivity contribution is 6.15. The van der Waals surface area contributed by atoms with Gasteiger partial charge in [0.05, 0.1) is 39.0 Å². The van der Waals surface area contributed by atoms with E-state index in [1.54, 1.807) is 0 Å². The van der Waals surface area contributed by atoms with Crippen LogP contribution in [0.5, 0.6) is 0 Å². The van der Waals surface area contributed by atoms with Gasteiger partial charge in [-0.05, 0) is 66.2 Å². The minimum atomic E-state index is 0.706. The highest BCUT2D eigenvalue weighted by Crippen LogP contribution is 2.41. The zero-order valence-electron chi connectivity index (χ0n) is 30.3. The molecule has 4 aromatic heterocycles. The summed E-state index contributed by atoms with van der Waals surface area (Å²) >= 11 is 0. The Morgan fingerprint density at radius 3 is 1.71 bits per heavy atom. The number of benzene rings is 7. The topological polar surface area (TPSA) is 48.5 Å². The third-order valence-corrected chi connectivity index (χ3v) is 10.8. The molecule has 0 saturated heterocycles. The van der Waals surface area contributed by atoms with Gasteiger partial charge >= 0.3 is 0 Å². The predicted molar refractivity (Wildman–Crippen MR) is 230 cm³/mol. The lowest BCUT2D eigenvalue weighted by Crippen LogP contribution is -1.97. The fraction of sp³-hybridized carbons (Fsp3) is 0. The average Bonchev–Trinajstić information content (AvgIpc) is 3.80. The molecule has 7 aromatic carbocycles. The second-order valence-electron chi connectivity index (χ2n) is 14.1. The van der Waals surface area contributed by atoms with E-state index in [0.29, 0.717) is 5.82 Å². The van der Waals surface area contributed by atoms with Gasteiger partial charge in [-0.3, -0.25) is 4.98 Å². The van der Waals surface area contributed by atoms with Crippen LogP contribution in [0.2, 0.25) is 0 Å². The SMILES string of the molecule is c1ccc(-c2cc(-c3ccc(-n4c5ccccc5c5cccc(-c6ccc7c(c6)c6ncccc6n7-c6ccccc6)c54)cc3)nc(-c3ccccc3)n2)cc1. The number of nitrogens with zero attached hydrogens (tertiary/aromatic N) is 5. The van der Waals surface area contributed by atoms with E-state index in [0.717, 1.165) is 78.0 Å². The monoisotopic (exact) mass is 715 g/mol. The molecule has 262 valence electrons. The Balaban J connectivity index is 1.08. The van der Waals surface area contributed by atoms with Crippen LogP contribution in [0, 0.1) is 0 Å². The summed E-state index contributed by atoms with van der Waals surface area (Å²) in [7, 11) is 0. The zero-order valence-corrected chi connectivity index (χ0v) is 30.3. The lowest BCUT2D eigenvalue weighted by atomic mass is 10.0. The van der Waals surface area contributed by atoms with E-state index < -0.39 is 0 Å². The first-order valence-corrected chi connectivity index (χ1v) is 18.9. The molecule has 0 fully saturated rings. The number of hydrogen-bond donors (Lipinski definition) is 0. The van der Waals surface area contributed by atoms with Gasteiger partial charge in [0.25, 0.3) is 0 Å².